The minimum absolute atomic E-state index is 0.0845. The minimum atomic E-state index is -1.42. The number of benzene rings is 1. The predicted octanol–water partition coefficient (Wildman–Crippen LogP) is 3.31. The molecule has 10 nitrogen and oxygen atoms in total. The molecule has 244 valence electrons. The average Bonchev–Trinajstić information content (AvgIpc) is 3.42. The van der Waals surface area contributed by atoms with E-state index in [1.54, 1.807) is 17.1 Å². The third-order valence-corrected chi connectivity index (χ3v) is 9.44. The lowest BCUT2D eigenvalue weighted by Gasteiger charge is -2.39. The van der Waals surface area contributed by atoms with Crippen molar-refractivity contribution in [2.24, 2.45) is 17.8 Å². The number of fused-ring (bicyclic) bond motifs is 2. The molecule has 1 aromatic rings. The smallest absolute Gasteiger partial charge is 0.313 e. The molecule has 2 saturated heterocycles. The second-order valence-corrected chi connectivity index (χ2v) is 13.1. The standard InChI is InChI=1S/C35H47N3O7/c1-4-5-11-18-37-19-12-17-35-30(32(41)38(31(35)33(37)42)25(22-39)20-23(2)3)29-26(45-35)15-9-10-16-28(40)36-21-27(44-34(29)43)24-13-7-6-8-14-24/h6-9,12-15,17,23,25-27,29-31,39H,4-5,10-11,16,18-22H2,1-3H3,(H,36,40)/b15-9-/t25-,26+,27-,29-,30-,31+,35-/m1/s1. The first-order chi connectivity index (χ1) is 21.7. The summed E-state index contributed by atoms with van der Waals surface area (Å²) in [5.41, 5.74) is -0.710. The van der Waals surface area contributed by atoms with E-state index < -0.39 is 47.7 Å². The fraction of sp³-hybridized carbons (Fsp3) is 0.600. The van der Waals surface area contributed by atoms with Gasteiger partial charge in [-0.05, 0) is 30.7 Å². The van der Waals surface area contributed by atoms with Gasteiger partial charge in [-0.1, -0.05) is 88.2 Å². The molecule has 0 saturated carbocycles. The molecule has 4 aliphatic heterocycles. The highest BCUT2D eigenvalue weighted by Gasteiger charge is 2.72. The Morgan fingerprint density at radius 3 is 2.56 bits per heavy atom. The summed E-state index contributed by atoms with van der Waals surface area (Å²) in [5.74, 6) is -3.33. The first-order valence-corrected chi connectivity index (χ1v) is 16.5. The maximum Gasteiger partial charge on any atom is 0.313 e. The molecule has 0 radical (unpaired) electrons. The van der Waals surface area contributed by atoms with Gasteiger partial charge in [-0.3, -0.25) is 19.2 Å². The lowest BCUT2D eigenvalue weighted by molar-refractivity contribution is -0.161. The Hall–Kier alpha value is -3.50. The van der Waals surface area contributed by atoms with Crippen molar-refractivity contribution in [3.05, 3.63) is 60.2 Å². The predicted molar refractivity (Wildman–Crippen MR) is 167 cm³/mol. The summed E-state index contributed by atoms with van der Waals surface area (Å²) in [4.78, 5) is 59.2. The van der Waals surface area contributed by atoms with Crippen LogP contribution in [0.3, 0.4) is 0 Å². The fourth-order valence-electron chi connectivity index (χ4n) is 7.36. The Kier molecular flexibility index (Phi) is 10.4. The first kappa shape index (κ1) is 32.9. The molecular weight excluding hydrogens is 574 g/mol. The van der Waals surface area contributed by atoms with Crippen LogP contribution in [0.2, 0.25) is 0 Å². The topological polar surface area (TPSA) is 125 Å². The number of aliphatic hydroxyl groups is 1. The molecule has 1 spiro atoms. The van der Waals surface area contributed by atoms with Crippen LogP contribution < -0.4 is 5.32 Å². The molecule has 7 atom stereocenters. The summed E-state index contributed by atoms with van der Waals surface area (Å²) in [6.07, 6.45) is 9.55. The van der Waals surface area contributed by atoms with Crippen LogP contribution in [0.15, 0.2) is 54.6 Å². The SMILES string of the molecule is CCCCCN1CC=C[C@@]23O[C@H]4/C=C\CCC(=O)NC[C@H](c5ccccc5)OC(=O)[C@H]4[C@@H]2C(=O)N([C@@H](CO)CC(C)C)[C@H]3C1=O. The summed E-state index contributed by atoms with van der Waals surface area (Å²) in [6, 6.07) is 7.53. The normalized spacial score (nSPS) is 31.7. The number of carbonyl (C=O) groups excluding carboxylic acids is 4. The number of esters is 1. The van der Waals surface area contributed by atoms with Crippen LogP contribution >= 0.6 is 0 Å². The molecule has 2 fully saturated rings. The van der Waals surface area contributed by atoms with Gasteiger partial charge in [0.1, 0.15) is 23.7 Å². The summed E-state index contributed by atoms with van der Waals surface area (Å²) >= 11 is 0. The van der Waals surface area contributed by atoms with Crippen LogP contribution in [-0.2, 0) is 28.7 Å². The highest BCUT2D eigenvalue weighted by molar-refractivity contribution is 5.99. The van der Waals surface area contributed by atoms with E-state index in [9.17, 15) is 24.3 Å². The minimum Gasteiger partial charge on any atom is -0.455 e. The average molecular weight is 622 g/mol. The Balaban J connectivity index is 1.59. The van der Waals surface area contributed by atoms with Gasteiger partial charge < -0.3 is 29.7 Å². The van der Waals surface area contributed by atoms with Crippen molar-refractivity contribution in [2.75, 3.05) is 26.2 Å². The molecule has 1 aromatic carbocycles. The number of ether oxygens (including phenoxy) is 2. The Labute approximate surface area is 265 Å². The van der Waals surface area contributed by atoms with Gasteiger partial charge in [-0.25, -0.2) is 0 Å². The zero-order valence-electron chi connectivity index (χ0n) is 26.6. The van der Waals surface area contributed by atoms with E-state index in [1.165, 1.54) is 4.90 Å². The van der Waals surface area contributed by atoms with Crippen LogP contribution in [0.4, 0.5) is 0 Å². The first-order valence-electron chi connectivity index (χ1n) is 16.5. The van der Waals surface area contributed by atoms with Gasteiger partial charge in [0, 0.05) is 19.5 Å². The number of hydrogen-bond acceptors (Lipinski definition) is 7. The third-order valence-electron chi connectivity index (χ3n) is 9.44. The highest BCUT2D eigenvalue weighted by atomic mass is 16.6. The van der Waals surface area contributed by atoms with Crippen molar-refractivity contribution in [2.45, 2.75) is 89.2 Å². The van der Waals surface area contributed by atoms with Gasteiger partial charge in [0.2, 0.25) is 17.7 Å². The van der Waals surface area contributed by atoms with Gasteiger partial charge in [0.05, 0.1) is 31.2 Å². The molecule has 0 unspecified atom stereocenters. The number of allylic oxidation sites excluding steroid dienone is 1. The molecule has 3 amide bonds. The Bertz CT molecular complexity index is 1300. The number of nitrogens with zero attached hydrogens (tertiary/aromatic N) is 2. The Morgan fingerprint density at radius 2 is 1.84 bits per heavy atom. The molecule has 45 heavy (non-hydrogen) atoms. The van der Waals surface area contributed by atoms with Crippen LogP contribution in [0, 0.1) is 17.8 Å². The zero-order valence-corrected chi connectivity index (χ0v) is 26.6. The van der Waals surface area contributed by atoms with Crippen molar-refractivity contribution in [3.63, 3.8) is 0 Å². The molecule has 0 bridgehead atoms. The summed E-state index contributed by atoms with van der Waals surface area (Å²) in [5, 5.41) is 13.4. The molecule has 4 aliphatic rings. The van der Waals surface area contributed by atoms with Gasteiger partial charge in [-0.15, -0.1) is 0 Å². The fourth-order valence-corrected chi connectivity index (χ4v) is 7.36. The number of unbranched alkanes of at least 4 members (excludes halogenated alkanes) is 2. The number of likely N-dealkylation sites (tertiary alicyclic amines) is 1. The lowest BCUT2D eigenvalue weighted by atomic mass is 9.78. The number of carbonyl (C=O) groups is 4. The lowest BCUT2D eigenvalue weighted by Crippen LogP contribution is -2.58. The number of amides is 3. The van der Waals surface area contributed by atoms with Crippen molar-refractivity contribution >= 4 is 23.7 Å². The van der Waals surface area contributed by atoms with Crippen molar-refractivity contribution in [1.82, 2.24) is 15.1 Å². The van der Waals surface area contributed by atoms with Crippen molar-refractivity contribution in [3.8, 4) is 0 Å². The molecule has 10 heteroatoms. The van der Waals surface area contributed by atoms with Gasteiger partial charge >= 0.3 is 5.97 Å². The van der Waals surface area contributed by atoms with Crippen molar-refractivity contribution in [1.29, 1.82) is 0 Å². The molecule has 4 heterocycles. The third kappa shape index (κ3) is 6.58. The second kappa shape index (κ2) is 14.3. The van der Waals surface area contributed by atoms with E-state index in [0.717, 1.165) is 19.3 Å². The molecule has 5 rings (SSSR count). The molecule has 2 N–H and O–H groups in total. The largest absolute Gasteiger partial charge is 0.455 e. The van der Waals surface area contributed by atoms with Gasteiger partial charge in [0.25, 0.3) is 0 Å². The van der Waals surface area contributed by atoms with E-state index in [-0.39, 0.29) is 43.2 Å². The summed E-state index contributed by atoms with van der Waals surface area (Å²) < 4.78 is 12.9. The van der Waals surface area contributed by atoms with E-state index in [2.05, 4.69) is 12.2 Å². The maximum atomic E-state index is 14.7. The quantitative estimate of drug-likeness (QED) is 0.246. The number of hydrogen-bond donors (Lipinski definition) is 2. The van der Waals surface area contributed by atoms with E-state index >= 15 is 0 Å². The zero-order chi connectivity index (χ0) is 32.1. The second-order valence-electron chi connectivity index (χ2n) is 13.1. The highest BCUT2D eigenvalue weighted by Crippen LogP contribution is 2.54. The number of cyclic esters (lactones) is 1. The van der Waals surface area contributed by atoms with Crippen LogP contribution in [0.25, 0.3) is 0 Å². The van der Waals surface area contributed by atoms with Gasteiger partial charge in [0.15, 0.2) is 0 Å². The van der Waals surface area contributed by atoms with Crippen molar-refractivity contribution < 1.29 is 33.8 Å². The number of nitrogens with one attached hydrogen (secondary N) is 1. The molecule has 0 aromatic heterocycles. The number of rotatable bonds is 9. The Morgan fingerprint density at radius 1 is 1.07 bits per heavy atom. The van der Waals surface area contributed by atoms with Crippen LogP contribution in [0.5, 0.6) is 0 Å². The maximum absolute atomic E-state index is 14.7. The summed E-state index contributed by atoms with van der Waals surface area (Å²) in [6.45, 7) is 6.80. The number of aliphatic hydroxyl groups excluding tert-OH is 1. The monoisotopic (exact) mass is 621 g/mol. The van der Waals surface area contributed by atoms with Crippen LogP contribution in [-0.4, -0.2) is 88.6 Å². The van der Waals surface area contributed by atoms with E-state index in [0.29, 0.717) is 31.5 Å². The summed E-state index contributed by atoms with van der Waals surface area (Å²) in [7, 11) is 0. The van der Waals surface area contributed by atoms with Crippen LogP contribution in [0.1, 0.15) is 71.0 Å². The van der Waals surface area contributed by atoms with E-state index in [4.69, 9.17) is 9.47 Å². The van der Waals surface area contributed by atoms with Gasteiger partial charge in [-0.2, -0.15) is 0 Å². The molecular formula is C35H47N3O7. The van der Waals surface area contributed by atoms with E-state index in [1.807, 2.05) is 56.3 Å². The molecule has 0 aliphatic carbocycles.